The molecular weight excluding hydrogens is 344 g/mol. The Morgan fingerprint density at radius 3 is 1.93 bits per heavy atom. The number of nitrogens with zero attached hydrogens (tertiary/aromatic N) is 4. The van der Waals surface area contributed by atoms with Crippen molar-refractivity contribution in [2.24, 2.45) is 5.10 Å². The first kappa shape index (κ1) is 18.1. The largest absolute Gasteiger partial charge is 0.242 e. The van der Waals surface area contributed by atoms with Gasteiger partial charge in [0.25, 0.3) is 0 Å². The zero-order chi connectivity index (χ0) is 19.3. The highest BCUT2D eigenvalue weighted by molar-refractivity contribution is 6.00. The van der Waals surface area contributed by atoms with Crippen LogP contribution in [-0.2, 0) is 0 Å². The molecule has 1 atom stereocenters. The fourth-order valence-corrected chi connectivity index (χ4v) is 3.23. The van der Waals surface area contributed by atoms with E-state index in [9.17, 15) is 0 Å². The first-order chi connectivity index (χ1) is 13.7. The van der Waals surface area contributed by atoms with Crippen molar-refractivity contribution >= 4 is 17.2 Å². The van der Waals surface area contributed by atoms with Gasteiger partial charge in [0, 0.05) is 5.56 Å². The predicted molar refractivity (Wildman–Crippen MR) is 117 cm³/mol. The van der Waals surface area contributed by atoms with Crippen molar-refractivity contribution in [3.05, 3.63) is 96.1 Å². The maximum absolute atomic E-state index is 4.83. The van der Waals surface area contributed by atoms with E-state index >= 15 is 0 Å². The summed E-state index contributed by atoms with van der Waals surface area (Å²) >= 11 is 0. The molecule has 4 nitrogen and oxygen atoms in total. The van der Waals surface area contributed by atoms with Crippen molar-refractivity contribution in [1.82, 2.24) is 5.43 Å². The second-order valence-electron chi connectivity index (χ2n) is 7.07. The van der Waals surface area contributed by atoms with Crippen LogP contribution >= 0.6 is 0 Å². The van der Waals surface area contributed by atoms with Crippen molar-refractivity contribution < 1.29 is 0 Å². The zero-order valence-corrected chi connectivity index (χ0v) is 16.4. The number of para-hydroxylation sites is 2. The molecule has 1 unspecified atom stereocenters. The predicted octanol–water partition coefficient (Wildman–Crippen LogP) is 5.37. The van der Waals surface area contributed by atoms with Crippen LogP contribution in [0.3, 0.4) is 0 Å². The first-order valence-electron chi connectivity index (χ1n) is 9.80. The molecule has 0 aromatic heterocycles. The SMILES string of the molecule is CCC(C)c1ccc(C2=NN(c3ccccc3)CN(c3ccccc3)[N]2)cc1. The van der Waals surface area contributed by atoms with Crippen molar-refractivity contribution in [2.45, 2.75) is 26.2 Å². The number of rotatable bonds is 5. The fourth-order valence-electron chi connectivity index (χ4n) is 3.23. The summed E-state index contributed by atoms with van der Waals surface area (Å²) in [5.41, 5.74) is 9.30. The third kappa shape index (κ3) is 3.86. The lowest BCUT2D eigenvalue weighted by Crippen LogP contribution is -2.48. The van der Waals surface area contributed by atoms with Gasteiger partial charge in [-0.25, -0.2) is 10.0 Å². The molecular formula is C24H25N4. The van der Waals surface area contributed by atoms with Crippen molar-refractivity contribution in [3.63, 3.8) is 0 Å². The molecule has 28 heavy (non-hydrogen) atoms. The number of hydrogen-bond acceptors (Lipinski definition) is 3. The molecule has 1 aliphatic heterocycles. The highest BCUT2D eigenvalue weighted by Gasteiger charge is 2.23. The smallest absolute Gasteiger partial charge is 0.199 e. The summed E-state index contributed by atoms with van der Waals surface area (Å²) in [6.07, 6.45) is 1.13. The van der Waals surface area contributed by atoms with Crippen molar-refractivity contribution in [1.29, 1.82) is 0 Å². The second kappa shape index (κ2) is 8.17. The zero-order valence-electron chi connectivity index (χ0n) is 16.4. The summed E-state index contributed by atoms with van der Waals surface area (Å²) in [5, 5.41) is 8.83. The second-order valence-corrected chi connectivity index (χ2v) is 7.07. The van der Waals surface area contributed by atoms with E-state index in [1.807, 2.05) is 46.4 Å². The summed E-state index contributed by atoms with van der Waals surface area (Å²) in [7, 11) is 0. The molecule has 4 rings (SSSR count). The third-order valence-electron chi connectivity index (χ3n) is 5.16. The van der Waals surface area contributed by atoms with Crippen molar-refractivity contribution in [3.8, 4) is 0 Å². The minimum absolute atomic E-state index is 0.556. The minimum atomic E-state index is 0.556. The Labute approximate surface area is 167 Å². The Morgan fingerprint density at radius 2 is 1.36 bits per heavy atom. The van der Waals surface area contributed by atoms with Gasteiger partial charge in [-0.1, -0.05) is 74.5 Å². The molecule has 0 spiro atoms. The van der Waals surface area contributed by atoms with Crippen LogP contribution in [0.1, 0.15) is 37.3 Å². The quantitative estimate of drug-likeness (QED) is 0.606. The van der Waals surface area contributed by atoms with Crippen molar-refractivity contribution in [2.75, 3.05) is 16.7 Å². The lowest BCUT2D eigenvalue weighted by molar-refractivity contribution is 0.671. The van der Waals surface area contributed by atoms with Crippen LogP contribution in [0.15, 0.2) is 90.0 Å². The molecule has 0 fully saturated rings. The molecule has 0 amide bonds. The topological polar surface area (TPSA) is 32.9 Å². The molecule has 0 saturated heterocycles. The van der Waals surface area contributed by atoms with Gasteiger partial charge >= 0.3 is 0 Å². The highest BCUT2D eigenvalue weighted by Crippen LogP contribution is 2.24. The molecule has 0 aliphatic carbocycles. The molecule has 3 aromatic rings. The molecule has 141 valence electrons. The van der Waals surface area contributed by atoms with E-state index in [1.54, 1.807) is 0 Å². The normalized spacial score (nSPS) is 15.0. The Kier molecular flexibility index (Phi) is 5.29. The van der Waals surface area contributed by atoms with Gasteiger partial charge < -0.3 is 0 Å². The number of hydrogen-bond donors (Lipinski definition) is 0. The van der Waals surface area contributed by atoms with Gasteiger partial charge in [0.05, 0.1) is 11.4 Å². The maximum Gasteiger partial charge on any atom is 0.199 e. The van der Waals surface area contributed by atoms with Crippen LogP contribution in [0.4, 0.5) is 11.4 Å². The average molecular weight is 369 g/mol. The maximum atomic E-state index is 4.83. The Balaban J connectivity index is 1.68. The number of anilines is 2. The summed E-state index contributed by atoms with van der Waals surface area (Å²) in [5.74, 6) is 1.27. The van der Waals surface area contributed by atoms with E-state index in [1.165, 1.54) is 5.56 Å². The molecule has 1 heterocycles. The van der Waals surface area contributed by atoms with Crippen LogP contribution < -0.4 is 15.4 Å². The number of hydrazone groups is 1. The molecule has 1 aliphatic rings. The van der Waals surface area contributed by atoms with Gasteiger partial charge in [0.15, 0.2) is 5.84 Å². The summed E-state index contributed by atoms with van der Waals surface area (Å²) in [6.45, 7) is 5.04. The van der Waals surface area contributed by atoms with E-state index in [0.29, 0.717) is 12.6 Å². The molecule has 4 heteroatoms. The third-order valence-corrected chi connectivity index (χ3v) is 5.16. The standard InChI is InChI=1S/C24H25N4/c1-3-19(2)20-14-16-21(17-15-20)24-25-27(22-10-6-4-7-11-22)18-28(26-24)23-12-8-5-9-13-23/h4-17,19H,3,18H2,1-2H3. The van der Waals surface area contributed by atoms with Crippen LogP contribution in [0.25, 0.3) is 0 Å². The fraction of sp³-hybridized carbons (Fsp3) is 0.208. The first-order valence-corrected chi connectivity index (χ1v) is 9.80. The lowest BCUT2D eigenvalue weighted by Gasteiger charge is -2.34. The summed E-state index contributed by atoms with van der Waals surface area (Å²) in [6, 6.07) is 29.1. The van der Waals surface area contributed by atoms with E-state index in [4.69, 9.17) is 10.5 Å². The summed E-state index contributed by atoms with van der Waals surface area (Å²) < 4.78 is 0. The monoisotopic (exact) mass is 369 g/mol. The van der Waals surface area contributed by atoms with E-state index < -0.39 is 0 Å². The lowest BCUT2D eigenvalue weighted by atomic mass is 9.97. The Morgan fingerprint density at radius 1 is 0.786 bits per heavy atom. The molecule has 1 radical (unpaired) electrons. The highest BCUT2D eigenvalue weighted by atomic mass is 15.7. The van der Waals surface area contributed by atoms with E-state index in [2.05, 4.69) is 62.4 Å². The molecule has 0 N–H and O–H groups in total. The van der Waals surface area contributed by atoms with Gasteiger partial charge in [-0.2, -0.15) is 0 Å². The van der Waals surface area contributed by atoms with Gasteiger partial charge in [0.1, 0.15) is 6.67 Å². The van der Waals surface area contributed by atoms with Crippen LogP contribution in [-0.4, -0.2) is 12.5 Å². The van der Waals surface area contributed by atoms with Crippen LogP contribution in [0.2, 0.25) is 0 Å². The molecule has 3 aromatic carbocycles. The van der Waals surface area contributed by atoms with E-state index in [-0.39, 0.29) is 0 Å². The molecule has 0 bridgehead atoms. The molecule has 0 saturated carbocycles. The Hall–Kier alpha value is -3.27. The number of benzene rings is 3. The number of amidine groups is 1. The van der Waals surface area contributed by atoms with Gasteiger partial charge in [-0.05, 0) is 42.2 Å². The summed E-state index contributed by atoms with van der Waals surface area (Å²) in [4.78, 5) is 0. The van der Waals surface area contributed by atoms with Gasteiger partial charge in [0.2, 0.25) is 0 Å². The van der Waals surface area contributed by atoms with Gasteiger partial charge in [-0.3, -0.25) is 0 Å². The van der Waals surface area contributed by atoms with E-state index in [0.717, 1.165) is 29.2 Å². The average Bonchev–Trinajstić information content (AvgIpc) is 2.79. The van der Waals surface area contributed by atoms with Gasteiger partial charge in [-0.15, -0.1) is 10.5 Å². The van der Waals surface area contributed by atoms with Crippen LogP contribution in [0, 0.1) is 0 Å². The van der Waals surface area contributed by atoms with Crippen LogP contribution in [0.5, 0.6) is 0 Å². The Bertz CT molecular complexity index is 920. The minimum Gasteiger partial charge on any atom is -0.242 e.